The summed E-state index contributed by atoms with van der Waals surface area (Å²) in [6.07, 6.45) is 1.20. The zero-order valence-corrected chi connectivity index (χ0v) is 17.4. The van der Waals surface area contributed by atoms with Crippen molar-refractivity contribution in [3.63, 3.8) is 0 Å². The van der Waals surface area contributed by atoms with Gasteiger partial charge in [0.2, 0.25) is 0 Å². The van der Waals surface area contributed by atoms with Crippen molar-refractivity contribution >= 4 is 48.7 Å². The first kappa shape index (κ1) is 20.1. The molecule has 0 atom stereocenters. The molecule has 0 aliphatic carbocycles. The number of sulfone groups is 1. The van der Waals surface area contributed by atoms with Crippen molar-refractivity contribution in [2.24, 2.45) is 0 Å². The number of aromatic nitrogens is 1. The largest absolute Gasteiger partial charge is 0.399 e. The van der Waals surface area contributed by atoms with Crippen molar-refractivity contribution in [3.05, 3.63) is 72.3 Å². The van der Waals surface area contributed by atoms with Gasteiger partial charge in [-0.1, -0.05) is 36.4 Å². The van der Waals surface area contributed by atoms with Crippen molar-refractivity contribution in [2.75, 3.05) is 29.7 Å². The fourth-order valence-corrected chi connectivity index (χ4v) is 3.81. The Kier molecular flexibility index (Phi) is 5.57. The van der Waals surface area contributed by atoms with E-state index in [1.165, 1.54) is 6.26 Å². The van der Waals surface area contributed by atoms with Crippen molar-refractivity contribution in [3.8, 4) is 0 Å². The molecule has 0 radical (unpaired) electrons. The summed E-state index contributed by atoms with van der Waals surface area (Å²) in [7, 11) is -3.05. The third-order valence-electron chi connectivity index (χ3n) is 4.74. The number of nitrogens with two attached hydrogens (primary N) is 1. The van der Waals surface area contributed by atoms with Gasteiger partial charge in [0.05, 0.1) is 35.7 Å². The van der Waals surface area contributed by atoms with Gasteiger partial charge in [-0.05, 0) is 35.9 Å². The number of nitrogens with zero attached hydrogens (tertiary/aromatic N) is 1. The lowest BCUT2D eigenvalue weighted by molar-refractivity contribution is 0.135. The molecule has 1 aromatic heterocycles. The first-order chi connectivity index (χ1) is 14.4. The highest BCUT2D eigenvalue weighted by Gasteiger charge is 2.10. The fraction of sp³-hybridized carbons (Fsp3) is 0.174. The van der Waals surface area contributed by atoms with Gasteiger partial charge in [0, 0.05) is 28.4 Å². The Morgan fingerprint density at radius 2 is 1.60 bits per heavy atom. The van der Waals surface area contributed by atoms with Crippen molar-refractivity contribution in [2.45, 2.75) is 6.61 Å². The van der Waals surface area contributed by atoms with Gasteiger partial charge >= 0.3 is 0 Å². The van der Waals surface area contributed by atoms with Crippen molar-refractivity contribution < 1.29 is 13.2 Å². The zero-order valence-electron chi connectivity index (χ0n) is 16.6. The van der Waals surface area contributed by atoms with Crippen LogP contribution in [0.3, 0.4) is 0 Å². The average Bonchev–Trinajstić information content (AvgIpc) is 2.70. The molecule has 0 spiro atoms. The van der Waals surface area contributed by atoms with Gasteiger partial charge in [0.15, 0.2) is 0 Å². The monoisotopic (exact) mass is 421 g/mol. The predicted molar refractivity (Wildman–Crippen MR) is 123 cm³/mol. The highest BCUT2D eigenvalue weighted by atomic mass is 32.2. The quantitative estimate of drug-likeness (QED) is 0.263. The lowest BCUT2D eigenvalue weighted by Gasteiger charge is -2.15. The van der Waals surface area contributed by atoms with Crippen molar-refractivity contribution in [1.82, 2.24) is 4.98 Å². The first-order valence-electron chi connectivity index (χ1n) is 9.58. The summed E-state index contributed by atoms with van der Waals surface area (Å²) in [6, 6.07) is 21.6. The third kappa shape index (κ3) is 4.69. The number of pyridine rings is 1. The average molecular weight is 422 g/mol. The highest BCUT2D eigenvalue weighted by Crippen LogP contribution is 2.33. The molecule has 1 heterocycles. The molecule has 7 heteroatoms. The Bertz CT molecular complexity index is 1270. The molecule has 0 aliphatic heterocycles. The minimum atomic E-state index is -3.05. The lowest BCUT2D eigenvalue weighted by Crippen LogP contribution is -2.10. The van der Waals surface area contributed by atoms with Gasteiger partial charge in [-0.2, -0.15) is 0 Å². The maximum Gasteiger partial charge on any atom is 0.149 e. The Hall–Kier alpha value is -3.16. The molecule has 0 bridgehead atoms. The van der Waals surface area contributed by atoms with Crippen LogP contribution in [0.1, 0.15) is 5.56 Å². The van der Waals surface area contributed by atoms with Gasteiger partial charge < -0.3 is 15.8 Å². The number of nitrogen functional groups attached to an aromatic ring is 1. The number of benzene rings is 3. The molecular weight excluding hydrogens is 398 g/mol. The van der Waals surface area contributed by atoms with E-state index in [1.807, 2.05) is 66.7 Å². The van der Waals surface area contributed by atoms with E-state index in [9.17, 15) is 8.42 Å². The van der Waals surface area contributed by atoms with E-state index in [0.29, 0.717) is 5.69 Å². The van der Waals surface area contributed by atoms with Crippen LogP contribution >= 0.6 is 0 Å². The minimum absolute atomic E-state index is 0.00455. The van der Waals surface area contributed by atoms with E-state index in [-0.39, 0.29) is 19.0 Å². The van der Waals surface area contributed by atoms with Gasteiger partial charge in [-0.3, -0.25) is 0 Å². The Morgan fingerprint density at radius 1 is 0.967 bits per heavy atom. The van der Waals surface area contributed by atoms with Crippen LogP contribution in [0.15, 0.2) is 66.7 Å². The third-order valence-corrected chi connectivity index (χ3v) is 5.65. The maximum absolute atomic E-state index is 11.3. The van der Waals surface area contributed by atoms with Crippen molar-refractivity contribution in [1.29, 1.82) is 0 Å². The molecule has 4 rings (SSSR count). The second-order valence-corrected chi connectivity index (χ2v) is 9.55. The van der Waals surface area contributed by atoms with E-state index in [0.717, 1.165) is 38.7 Å². The molecule has 3 N–H and O–H groups in total. The Balaban J connectivity index is 1.65. The Labute approximate surface area is 175 Å². The topological polar surface area (TPSA) is 94.3 Å². The number of anilines is 3. The molecule has 0 saturated carbocycles. The summed E-state index contributed by atoms with van der Waals surface area (Å²) >= 11 is 0. The number of rotatable bonds is 7. The van der Waals surface area contributed by atoms with Crippen LogP contribution in [0, 0.1) is 0 Å². The maximum atomic E-state index is 11.3. The molecule has 0 amide bonds. The molecule has 154 valence electrons. The molecule has 0 saturated heterocycles. The SMILES string of the molecule is CS(=O)(=O)CCOCc1cc(N)cc(Nc2c3ccccc3nc3ccccc23)c1. The van der Waals surface area contributed by atoms with Crippen LogP contribution in [-0.4, -0.2) is 32.0 Å². The molecular formula is C23H23N3O3S. The molecule has 3 aromatic carbocycles. The zero-order chi connectivity index (χ0) is 21.1. The van der Waals surface area contributed by atoms with E-state index in [1.54, 1.807) is 0 Å². The van der Waals surface area contributed by atoms with Gasteiger partial charge in [-0.15, -0.1) is 0 Å². The molecule has 6 nitrogen and oxygen atoms in total. The molecule has 4 aromatic rings. The number of nitrogens with one attached hydrogen (secondary N) is 1. The lowest BCUT2D eigenvalue weighted by atomic mass is 10.1. The number of ether oxygens (including phenoxy) is 1. The summed E-state index contributed by atoms with van der Waals surface area (Å²) < 4.78 is 28.0. The first-order valence-corrected chi connectivity index (χ1v) is 11.6. The summed E-state index contributed by atoms with van der Waals surface area (Å²) in [5, 5.41) is 5.55. The van der Waals surface area contributed by atoms with Gasteiger partial charge in [0.1, 0.15) is 9.84 Å². The second kappa shape index (κ2) is 8.30. The summed E-state index contributed by atoms with van der Waals surface area (Å²) in [6.45, 7) is 0.434. The molecule has 0 unspecified atom stereocenters. The summed E-state index contributed by atoms with van der Waals surface area (Å²) in [5.74, 6) is -0.00455. The second-order valence-electron chi connectivity index (χ2n) is 7.29. The van der Waals surface area contributed by atoms with Crippen LogP contribution in [0.2, 0.25) is 0 Å². The molecule has 0 fully saturated rings. The number of hydrogen-bond donors (Lipinski definition) is 2. The number of para-hydroxylation sites is 2. The smallest absolute Gasteiger partial charge is 0.149 e. The van der Waals surface area contributed by atoms with E-state index >= 15 is 0 Å². The number of fused-ring (bicyclic) bond motifs is 2. The van der Waals surface area contributed by atoms with Crippen LogP contribution in [0.25, 0.3) is 21.8 Å². The normalized spacial score (nSPS) is 11.8. The summed E-state index contributed by atoms with van der Waals surface area (Å²) in [4.78, 5) is 4.75. The minimum Gasteiger partial charge on any atom is -0.399 e. The van der Waals surface area contributed by atoms with Crippen LogP contribution in [-0.2, 0) is 21.2 Å². The van der Waals surface area contributed by atoms with Crippen LogP contribution < -0.4 is 11.1 Å². The van der Waals surface area contributed by atoms with Crippen LogP contribution in [0.5, 0.6) is 0 Å². The Morgan fingerprint density at radius 3 is 2.23 bits per heavy atom. The molecule has 30 heavy (non-hydrogen) atoms. The summed E-state index contributed by atoms with van der Waals surface area (Å²) in [5.41, 5.74) is 11.2. The predicted octanol–water partition coefficient (Wildman–Crippen LogP) is 4.28. The number of hydrogen-bond acceptors (Lipinski definition) is 6. The van der Waals surface area contributed by atoms with E-state index in [4.69, 9.17) is 15.5 Å². The van der Waals surface area contributed by atoms with Gasteiger partial charge in [-0.25, -0.2) is 13.4 Å². The van der Waals surface area contributed by atoms with Gasteiger partial charge in [0.25, 0.3) is 0 Å². The van der Waals surface area contributed by atoms with E-state index < -0.39 is 9.84 Å². The highest BCUT2D eigenvalue weighted by molar-refractivity contribution is 7.90. The molecule has 0 aliphatic rings. The van der Waals surface area contributed by atoms with Crippen LogP contribution in [0.4, 0.5) is 17.1 Å². The fourth-order valence-electron chi connectivity index (χ4n) is 3.39. The van der Waals surface area contributed by atoms with E-state index in [2.05, 4.69) is 5.32 Å². The standard InChI is InChI=1S/C23H23N3O3S/c1-30(27,28)11-10-29-15-16-12-17(24)14-18(13-16)25-23-19-6-2-4-8-21(19)26-22-9-5-3-7-20(22)23/h2-9,12-14H,10-11,15,24H2,1H3,(H,25,26).